The van der Waals surface area contributed by atoms with Gasteiger partial charge in [-0.15, -0.1) is 11.3 Å². The number of rotatable bonds is 2. The molecule has 1 nitrogen and oxygen atoms in total. The van der Waals surface area contributed by atoms with E-state index in [9.17, 15) is 0 Å². The quantitative estimate of drug-likeness (QED) is 0.683. The predicted molar refractivity (Wildman–Crippen MR) is 58.9 cm³/mol. The Labute approximate surface area is 83.5 Å². The van der Waals surface area contributed by atoms with Crippen LogP contribution in [0.3, 0.4) is 0 Å². The van der Waals surface area contributed by atoms with Crippen molar-refractivity contribution < 1.29 is 0 Å². The van der Waals surface area contributed by atoms with Crippen LogP contribution in [0, 0.1) is 12.8 Å². The molecule has 0 bridgehead atoms. The molecule has 1 aliphatic rings. The average Bonchev–Trinajstić information content (AvgIpc) is 2.71. The summed E-state index contributed by atoms with van der Waals surface area (Å²) < 4.78 is 0. The fourth-order valence-corrected chi connectivity index (χ4v) is 2.69. The second-order valence-corrected chi connectivity index (χ2v) is 4.61. The molecule has 2 rings (SSSR count). The molecular weight excluding hydrogens is 178 g/mol. The molecule has 0 saturated heterocycles. The monoisotopic (exact) mass is 193 g/mol. The Hall–Kier alpha value is -0.630. The van der Waals surface area contributed by atoms with Crippen molar-refractivity contribution >= 4 is 17.0 Å². The first-order valence-corrected chi connectivity index (χ1v) is 5.77. The van der Waals surface area contributed by atoms with Gasteiger partial charge in [0.15, 0.2) is 0 Å². The highest BCUT2D eigenvalue weighted by atomic mass is 32.1. The van der Waals surface area contributed by atoms with Crippen LogP contribution in [0.15, 0.2) is 16.4 Å². The first-order chi connectivity index (χ1) is 6.31. The zero-order valence-electron chi connectivity index (χ0n) is 8.21. The molecule has 0 fully saturated rings. The third kappa shape index (κ3) is 1.68. The lowest BCUT2D eigenvalue weighted by molar-refractivity contribution is 0.573. The summed E-state index contributed by atoms with van der Waals surface area (Å²) in [4.78, 5) is 6.03. The van der Waals surface area contributed by atoms with Crippen LogP contribution in [0.4, 0.5) is 0 Å². The maximum atomic E-state index is 4.62. The lowest BCUT2D eigenvalue weighted by atomic mass is 10.0. The Morgan fingerprint density at radius 2 is 2.46 bits per heavy atom. The molecule has 2 heterocycles. The van der Waals surface area contributed by atoms with Gasteiger partial charge >= 0.3 is 0 Å². The SMILES string of the molecule is CCC1CN=C(c2sccc2C)C1. The molecular formula is C11H15NS. The Balaban J connectivity index is 2.16. The van der Waals surface area contributed by atoms with E-state index in [0.29, 0.717) is 0 Å². The predicted octanol–water partition coefficient (Wildman–Crippen LogP) is 3.28. The van der Waals surface area contributed by atoms with Crippen molar-refractivity contribution in [1.29, 1.82) is 0 Å². The van der Waals surface area contributed by atoms with E-state index < -0.39 is 0 Å². The number of hydrogen-bond acceptors (Lipinski definition) is 2. The summed E-state index contributed by atoms with van der Waals surface area (Å²) >= 11 is 1.83. The van der Waals surface area contributed by atoms with E-state index in [2.05, 4.69) is 30.3 Å². The first-order valence-electron chi connectivity index (χ1n) is 4.89. The second-order valence-electron chi connectivity index (χ2n) is 3.70. The summed E-state index contributed by atoms with van der Waals surface area (Å²) in [6, 6.07) is 2.18. The minimum absolute atomic E-state index is 0.802. The van der Waals surface area contributed by atoms with E-state index in [1.807, 2.05) is 11.3 Å². The molecule has 1 aromatic heterocycles. The average molecular weight is 193 g/mol. The van der Waals surface area contributed by atoms with Crippen LogP contribution in [0.2, 0.25) is 0 Å². The number of thiophene rings is 1. The Bertz CT molecular complexity index is 325. The van der Waals surface area contributed by atoms with Crippen LogP contribution < -0.4 is 0 Å². The fraction of sp³-hybridized carbons (Fsp3) is 0.545. The van der Waals surface area contributed by atoms with Gasteiger partial charge in [-0.05, 0) is 36.3 Å². The summed E-state index contributed by atoms with van der Waals surface area (Å²) in [5, 5.41) is 2.16. The maximum Gasteiger partial charge on any atom is 0.0526 e. The zero-order chi connectivity index (χ0) is 9.26. The fourth-order valence-electron chi connectivity index (χ4n) is 1.75. The summed E-state index contributed by atoms with van der Waals surface area (Å²) in [5.74, 6) is 0.802. The van der Waals surface area contributed by atoms with Crippen LogP contribution in [0.1, 0.15) is 30.2 Å². The van der Waals surface area contributed by atoms with E-state index >= 15 is 0 Å². The highest BCUT2D eigenvalue weighted by Crippen LogP contribution is 2.26. The maximum absolute atomic E-state index is 4.62. The van der Waals surface area contributed by atoms with Gasteiger partial charge in [-0.1, -0.05) is 13.3 Å². The Morgan fingerprint density at radius 3 is 3.00 bits per heavy atom. The zero-order valence-corrected chi connectivity index (χ0v) is 9.03. The second kappa shape index (κ2) is 3.62. The molecule has 0 amide bonds. The van der Waals surface area contributed by atoms with E-state index in [0.717, 1.165) is 12.5 Å². The van der Waals surface area contributed by atoms with Gasteiger partial charge < -0.3 is 0 Å². The standard InChI is InChI=1S/C11H15NS/c1-3-9-6-10(12-7-9)11-8(2)4-5-13-11/h4-5,9H,3,6-7H2,1-2H3. The molecule has 0 radical (unpaired) electrons. The van der Waals surface area contributed by atoms with Crippen molar-refractivity contribution in [2.75, 3.05) is 6.54 Å². The van der Waals surface area contributed by atoms with Crippen LogP contribution in [-0.4, -0.2) is 12.3 Å². The van der Waals surface area contributed by atoms with Crippen molar-refractivity contribution in [2.45, 2.75) is 26.7 Å². The van der Waals surface area contributed by atoms with Crippen molar-refractivity contribution in [3.8, 4) is 0 Å². The van der Waals surface area contributed by atoms with Crippen LogP contribution in [0.5, 0.6) is 0 Å². The van der Waals surface area contributed by atoms with Gasteiger partial charge in [-0.25, -0.2) is 0 Å². The molecule has 0 N–H and O–H groups in total. The van der Waals surface area contributed by atoms with E-state index in [-0.39, 0.29) is 0 Å². The molecule has 1 unspecified atom stereocenters. The van der Waals surface area contributed by atoms with Crippen LogP contribution in [-0.2, 0) is 0 Å². The summed E-state index contributed by atoms with van der Waals surface area (Å²) in [6.07, 6.45) is 2.45. The van der Waals surface area contributed by atoms with Gasteiger partial charge in [0.2, 0.25) is 0 Å². The van der Waals surface area contributed by atoms with Gasteiger partial charge in [0.1, 0.15) is 0 Å². The number of nitrogens with zero attached hydrogens (tertiary/aromatic N) is 1. The summed E-state index contributed by atoms with van der Waals surface area (Å²) in [7, 11) is 0. The Morgan fingerprint density at radius 1 is 1.62 bits per heavy atom. The van der Waals surface area contributed by atoms with E-state index in [1.165, 1.54) is 29.0 Å². The van der Waals surface area contributed by atoms with E-state index in [1.54, 1.807) is 0 Å². The Kier molecular flexibility index (Phi) is 2.49. The number of aryl methyl sites for hydroxylation is 1. The number of aliphatic imine (C=N–C) groups is 1. The van der Waals surface area contributed by atoms with Gasteiger partial charge in [0.05, 0.1) is 10.6 Å². The molecule has 1 atom stereocenters. The molecule has 1 aromatic rings. The van der Waals surface area contributed by atoms with Gasteiger partial charge in [0.25, 0.3) is 0 Å². The van der Waals surface area contributed by atoms with Crippen molar-refractivity contribution in [3.05, 3.63) is 21.9 Å². The lowest BCUT2D eigenvalue weighted by Crippen LogP contribution is -2.01. The topological polar surface area (TPSA) is 12.4 Å². The molecule has 2 heteroatoms. The van der Waals surface area contributed by atoms with Crippen molar-refractivity contribution in [1.82, 2.24) is 0 Å². The van der Waals surface area contributed by atoms with Gasteiger partial charge in [-0.2, -0.15) is 0 Å². The molecule has 0 aliphatic carbocycles. The third-order valence-corrected chi connectivity index (χ3v) is 3.79. The highest BCUT2D eigenvalue weighted by Gasteiger charge is 2.19. The van der Waals surface area contributed by atoms with Crippen molar-refractivity contribution in [2.24, 2.45) is 10.9 Å². The summed E-state index contributed by atoms with van der Waals surface area (Å²) in [5.41, 5.74) is 2.74. The van der Waals surface area contributed by atoms with Crippen LogP contribution in [0.25, 0.3) is 0 Å². The molecule has 0 saturated carbocycles. The molecule has 0 spiro atoms. The molecule has 0 aromatic carbocycles. The normalized spacial score (nSPS) is 22.0. The van der Waals surface area contributed by atoms with E-state index in [4.69, 9.17) is 0 Å². The molecule has 1 aliphatic heterocycles. The molecule has 70 valence electrons. The van der Waals surface area contributed by atoms with Crippen LogP contribution >= 0.6 is 11.3 Å². The number of hydrogen-bond donors (Lipinski definition) is 0. The van der Waals surface area contributed by atoms with Crippen molar-refractivity contribution in [3.63, 3.8) is 0 Å². The largest absolute Gasteiger partial charge is 0.288 e. The smallest absolute Gasteiger partial charge is 0.0526 e. The lowest BCUT2D eigenvalue weighted by Gasteiger charge is -2.02. The third-order valence-electron chi connectivity index (χ3n) is 2.72. The minimum atomic E-state index is 0.802. The first kappa shape index (κ1) is 8.95. The minimum Gasteiger partial charge on any atom is -0.288 e. The highest BCUT2D eigenvalue weighted by molar-refractivity contribution is 7.12. The summed E-state index contributed by atoms with van der Waals surface area (Å²) in [6.45, 7) is 5.47. The van der Waals surface area contributed by atoms with Gasteiger partial charge in [-0.3, -0.25) is 4.99 Å². The van der Waals surface area contributed by atoms with Gasteiger partial charge in [0, 0.05) is 6.54 Å². The molecule has 13 heavy (non-hydrogen) atoms.